The number of ether oxygens (including phenoxy) is 1. The number of hydrogen-bond donors (Lipinski definition) is 1. The number of benzene rings is 2. The number of amides is 1. The van der Waals surface area contributed by atoms with E-state index in [2.05, 4.69) is 6.58 Å². The van der Waals surface area contributed by atoms with Gasteiger partial charge in [-0.15, -0.1) is 11.8 Å². The van der Waals surface area contributed by atoms with Gasteiger partial charge in [-0.3, -0.25) is 4.79 Å². The zero-order valence-electron chi connectivity index (χ0n) is 17.3. The zero-order chi connectivity index (χ0) is 22.9. The molecule has 0 aliphatic carbocycles. The van der Waals surface area contributed by atoms with E-state index in [9.17, 15) is 9.59 Å². The number of halogens is 1. The van der Waals surface area contributed by atoms with E-state index in [4.69, 9.17) is 31.8 Å². The van der Waals surface area contributed by atoms with E-state index in [0.29, 0.717) is 5.75 Å². The fraction of sp³-hybridized carbons (Fsp3) is 0.304. The molecule has 2 saturated heterocycles. The van der Waals surface area contributed by atoms with Crippen molar-refractivity contribution in [1.82, 2.24) is 4.90 Å². The first-order valence-electron chi connectivity index (χ1n) is 10.0. The lowest BCUT2D eigenvalue weighted by molar-refractivity contribution is -0.332. The van der Waals surface area contributed by atoms with Crippen LogP contribution in [0.2, 0.25) is 0 Å². The van der Waals surface area contributed by atoms with Crippen LogP contribution in [0.5, 0.6) is 0 Å². The van der Waals surface area contributed by atoms with Gasteiger partial charge in [0.2, 0.25) is 11.1 Å². The van der Waals surface area contributed by atoms with Crippen molar-refractivity contribution >= 4 is 35.2 Å². The summed E-state index contributed by atoms with van der Waals surface area (Å²) < 4.78 is 6.03. The number of β-lactam (4-membered cyclic amide) rings is 1. The first-order valence-corrected chi connectivity index (χ1v) is 11.4. The molecule has 2 aliphatic rings. The third-order valence-electron chi connectivity index (χ3n) is 5.50. The molecule has 2 heterocycles. The number of nitrogens with zero attached hydrogens (tertiary/aromatic N) is 1. The van der Waals surface area contributed by atoms with Crippen molar-refractivity contribution in [1.29, 1.82) is 0 Å². The van der Waals surface area contributed by atoms with Crippen molar-refractivity contribution in [2.45, 2.75) is 36.1 Å². The molecular weight excluding hydrogens is 452 g/mol. The van der Waals surface area contributed by atoms with Crippen LogP contribution < -0.4 is 5.73 Å². The summed E-state index contributed by atoms with van der Waals surface area (Å²) >= 11 is 7.11. The van der Waals surface area contributed by atoms with Gasteiger partial charge in [0.1, 0.15) is 11.4 Å². The first-order chi connectivity index (χ1) is 15.3. The maximum absolute atomic E-state index is 13.6. The number of hydrogen-bond acceptors (Lipinski definition) is 7. The standard InChI is InChI=1S/C23H23ClN2O5S/c1-14(24)30-31-23(2)13-32-21-17(25)20(27)26(21)19(23)22(28)29-18(15-9-5-3-6-10-15)16-11-7-4-8-12-16/h3-12,17-19,21H,1,13,25H2,2H3/t17-,19+,21?,23?/m1/s1. The maximum Gasteiger partial charge on any atom is 0.333 e. The minimum absolute atomic E-state index is 0.191. The molecular formula is C23H23ClN2O5S. The average Bonchev–Trinajstić information content (AvgIpc) is 2.81. The Hall–Kier alpha value is -2.52. The van der Waals surface area contributed by atoms with E-state index in [-0.39, 0.29) is 16.5 Å². The monoisotopic (exact) mass is 474 g/mol. The van der Waals surface area contributed by atoms with E-state index < -0.39 is 29.8 Å². The van der Waals surface area contributed by atoms with Gasteiger partial charge in [-0.1, -0.05) is 60.7 Å². The predicted molar refractivity (Wildman–Crippen MR) is 121 cm³/mol. The van der Waals surface area contributed by atoms with Gasteiger partial charge >= 0.3 is 5.97 Å². The highest BCUT2D eigenvalue weighted by Gasteiger charge is 2.62. The Balaban J connectivity index is 1.66. The average molecular weight is 475 g/mol. The molecule has 4 atom stereocenters. The molecule has 2 aliphatic heterocycles. The number of carbonyl (C=O) groups excluding carboxylic acids is 2. The topological polar surface area (TPSA) is 91.1 Å². The van der Waals surface area contributed by atoms with Crippen LogP contribution in [0.4, 0.5) is 0 Å². The molecule has 7 nitrogen and oxygen atoms in total. The molecule has 2 aromatic rings. The molecule has 32 heavy (non-hydrogen) atoms. The van der Waals surface area contributed by atoms with E-state index >= 15 is 0 Å². The lowest BCUT2D eigenvalue weighted by atomic mass is 9.91. The van der Waals surface area contributed by atoms with Crippen molar-refractivity contribution < 1.29 is 24.1 Å². The van der Waals surface area contributed by atoms with Gasteiger partial charge in [0.25, 0.3) is 0 Å². The molecule has 0 bridgehead atoms. The van der Waals surface area contributed by atoms with Crippen molar-refractivity contribution in [3.05, 3.63) is 83.6 Å². The Morgan fingerprint density at radius 3 is 2.28 bits per heavy atom. The first kappa shape index (κ1) is 22.7. The third-order valence-corrected chi connectivity index (χ3v) is 7.17. The molecule has 0 spiro atoms. The summed E-state index contributed by atoms with van der Waals surface area (Å²) in [6.45, 7) is 5.10. The van der Waals surface area contributed by atoms with E-state index in [1.165, 1.54) is 16.7 Å². The predicted octanol–water partition coefficient (Wildman–Crippen LogP) is 3.35. The summed E-state index contributed by atoms with van der Waals surface area (Å²) in [6, 6.07) is 17.0. The number of carbonyl (C=O) groups is 2. The van der Waals surface area contributed by atoms with Crippen LogP contribution in [-0.4, -0.2) is 45.6 Å². The lowest BCUT2D eigenvalue weighted by Gasteiger charge is -2.55. The van der Waals surface area contributed by atoms with Gasteiger partial charge in [-0.05, 0) is 36.2 Å². The Labute approximate surface area is 195 Å². The molecule has 0 aromatic heterocycles. The second kappa shape index (κ2) is 9.15. The van der Waals surface area contributed by atoms with Crippen LogP contribution >= 0.6 is 23.4 Å². The molecule has 0 radical (unpaired) electrons. The largest absolute Gasteiger partial charge is 0.451 e. The zero-order valence-corrected chi connectivity index (χ0v) is 18.9. The van der Waals surface area contributed by atoms with Crippen molar-refractivity contribution in [3.63, 3.8) is 0 Å². The number of thioether (sulfide) groups is 1. The van der Waals surface area contributed by atoms with E-state index in [1.54, 1.807) is 6.92 Å². The highest BCUT2D eigenvalue weighted by Crippen LogP contribution is 2.44. The molecule has 2 aromatic carbocycles. The summed E-state index contributed by atoms with van der Waals surface area (Å²) in [5.41, 5.74) is 6.33. The van der Waals surface area contributed by atoms with Crippen molar-refractivity contribution in [3.8, 4) is 0 Å². The fourth-order valence-electron chi connectivity index (χ4n) is 3.93. The Morgan fingerprint density at radius 2 is 1.75 bits per heavy atom. The summed E-state index contributed by atoms with van der Waals surface area (Å²) in [7, 11) is 0. The second-order valence-electron chi connectivity index (χ2n) is 7.85. The van der Waals surface area contributed by atoms with Crippen LogP contribution in [0.1, 0.15) is 24.2 Å². The molecule has 0 saturated carbocycles. The SMILES string of the molecule is C=C(Cl)OOC1(C)CSC2[C@H](N)C(=O)N2[C@H]1C(=O)OC(c1ccccc1)c1ccccc1. The molecule has 2 N–H and O–H groups in total. The van der Waals surface area contributed by atoms with Gasteiger partial charge < -0.3 is 20.3 Å². The highest BCUT2D eigenvalue weighted by atomic mass is 35.5. The van der Waals surface area contributed by atoms with Crippen molar-refractivity contribution in [2.24, 2.45) is 5.73 Å². The quantitative estimate of drug-likeness (QED) is 0.216. The van der Waals surface area contributed by atoms with E-state index in [0.717, 1.165) is 11.1 Å². The Morgan fingerprint density at radius 1 is 1.19 bits per heavy atom. The second-order valence-corrected chi connectivity index (χ2v) is 9.37. The molecule has 168 valence electrons. The third kappa shape index (κ3) is 4.23. The lowest BCUT2D eigenvalue weighted by Crippen LogP contribution is -2.78. The number of rotatable bonds is 7. The number of esters is 1. The molecule has 1 amide bonds. The van der Waals surface area contributed by atoms with Crippen LogP contribution in [0, 0.1) is 0 Å². The molecule has 2 fully saturated rings. The van der Waals surface area contributed by atoms with Crippen LogP contribution in [0.15, 0.2) is 72.5 Å². The summed E-state index contributed by atoms with van der Waals surface area (Å²) in [5, 5.41) is -0.536. The highest BCUT2D eigenvalue weighted by molar-refractivity contribution is 8.00. The summed E-state index contributed by atoms with van der Waals surface area (Å²) in [5.74, 6) is -0.639. The number of nitrogens with two attached hydrogens (primary N) is 1. The number of fused-ring (bicyclic) bond motifs is 1. The Bertz CT molecular complexity index is 968. The van der Waals surface area contributed by atoms with E-state index in [1.807, 2.05) is 60.7 Å². The van der Waals surface area contributed by atoms with Gasteiger partial charge in [-0.2, -0.15) is 4.89 Å². The molecule has 2 unspecified atom stereocenters. The van der Waals surface area contributed by atoms with Gasteiger partial charge in [0, 0.05) is 5.75 Å². The smallest absolute Gasteiger partial charge is 0.333 e. The summed E-state index contributed by atoms with van der Waals surface area (Å²) in [4.78, 5) is 38.1. The summed E-state index contributed by atoms with van der Waals surface area (Å²) in [6.07, 6.45) is -0.670. The van der Waals surface area contributed by atoms with Gasteiger partial charge in [0.15, 0.2) is 17.7 Å². The molecule has 9 heteroatoms. The van der Waals surface area contributed by atoms with Gasteiger partial charge in [0.05, 0.1) is 0 Å². The minimum Gasteiger partial charge on any atom is -0.451 e. The van der Waals surface area contributed by atoms with Gasteiger partial charge in [-0.25, -0.2) is 4.79 Å². The normalized spacial score (nSPS) is 26.8. The fourth-order valence-corrected chi connectivity index (χ4v) is 5.38. The Kier molecular flexibility index (Phi) is 6.48. The van der Waals surface area contributed by atoms with Crippen molar-refractivity contribution in [2.75, 3.05) is 5.75 Å². The molecule has 4 rings (SSSR count). The maximum atomic E-state index is 13.6. The van der Waals surface area contributed by atoms with Crippen LogP contribution in [-0.2, 0) is 24.1 Å². The minimum atomic E-state index is -1.23. The van der Waals surface area contributed by atoms with Crippen LogP contribution in [0.3, 0.4) is 0 Å². The van der Waals surface area contributed by atoms with Crippen LogP contribution in [0.25, 0.3) is 0 Å².